The molecule has 0 spiro atoms. The molecule has 0 amide bonds. The summed E-state index contributed by atoms with van der Waals surface area (Å²) < 4.78 is 16.3. The monoisotopic (exact) mass is 329 g/mol. The molecule has 0 fully saturated rings. The van der Waals surface area contributed by atoms with Crippen LogP contribution in [0.2, 0.25) is 0 Å². The highest BCUT2D eigenvalue weighted by Crippen LogP contribution is 2.43. The molecule has 0 aliphatic rings. The molecular weight excluding hydrogens is 310 g/mol. The highest BCUT2D eigenvalue weighted by Gasteiger charge is 2.19. The second-order valence-electron chi connectivity index (χ2n) is 4.98. The second kappa shape index (κ2) is 7.03. The largest absolute Gasteiger partial charge is 0.493 e. The predicted molar refractivity (Wildman–Crippen MR) is 90.0 cm³/mol. The van der Waals surface area contributed by atoms with Crippen LogP contribution in [0.1, 0.15) is 5.82 Å². The molecule has 0 atom stereocenters. The van der Waals surface area contributed by atoms with E-state index in [1.807, 2.05) is 6.07 Å². The maximum Gasteiger partial charge on any atom is 0.205 e. The lowest BCUT2D eigenvalue weighted by Gasteiger charge is -2.15. The van der Waals surface area contributed by atoms with Gasteiger partial charge < -0.3 is 24.5 Å². The number of benzene rings is 1. The Hall–Kier alpha value is -3.03. The van der Waals surface area contributed by atoms with Crippen molar-refractivity contribution >= 4 is 16.7 Å². The van der Waals surface area contributed by atoms with Crippen molar-refractivity contribution in [2.24, 2.45) is 0 Å². The molecule has 24 heavy (non-hydrogen) atoms. The minimum Gasteiger partial charge on any atom is -0.493 e. The molecule has 3 rings (SSSR count). The number of hydrogen-bond acceptors (Lipinski definition) is 7. The normalized spacial score (nSPS) is 10.6. The van der Waals surface area contributed by atoms with Crippen LogP contribution in [0.3, 0.4) is 0 Å². The lowest BCUT2D eigenvalue weighted by atomic mass is 10.2. The third kappa shape index (κ3) is 2.90. The Labute approximate surface area is 139 Å². The predicted octanol–water partition coefficient (Wildman–Crippen LogP) is 2.03. The molecule has 0 saturated heterocycles. The third-order valence-corrected chi connectivity index (χ3v) is 3.64. The van der Waals surface area contributed by atoms with Gasteiger partial charge in [0.2, 0.25) is 5.75 Å². The third-order valence-electron chi connectivity index (χ3n) is 3.64. The fraction of sp³-hybridized carbons (Fsp3) is 0.312. The van der Waals surface area contributed by atoms with Crippen molar-refractivity contribution in [3.05, 3.63) is 30.6 Å². The van der Waals surface area contributed by atoms with E-state index in [0.29, 0.717) is 35.1 Å². The number of imidazole rings is 1. The molecule has 126 valence electrons. The quantitative estimate of drug-likeness (QED) is 0.685. The van der Waals surface area contributed by atoms with Crippen molar-refractivity contribution in [2.75, 3.05) is 33.2 Å². The number of methoxy groups -OCH3 is 3. The average molecular weight is 329 g/mol. The lowest BCUT2D eigenvalue weighted by Crippen LogP contribution is -2.08. The maximum atomic E-state index is 5.47. The van der Waals surface area contributed by atoms with Crippen molar-refractivity contribution in [3.8, 4) is 17.2 Å². The van der Waals surface area contributed by atoms with Gasteiger partial charge in [-0.3, -0.25) is 0 Å². The van der Waals surface area contributed by atoms with Gasteiger partial charge in [0.05, 0.1) is 26.7 Å². The summed E-state index contributed by atoms with van der Waals surface area (Å²) in [6.07, 6.45) is 5.78. The number of aromatic nitrogens is 4. The van der Waals surface area contributed by atoms with E-state index in [1.54, 1.807) is 33.7 Å². The summed E-state index contributed by atoms with van der Waals surface area (Å²) in [4.78, 5) is 15.9. The SMILES string of the molecule is COc1cc2c(NCCc3ncc[nH]3)ncnc2c(OC)c1OC. The van der Waals surface area contributed by atoms with Gasteiger partial charge in [0.15, 0.2) is 11.5 Å². The molecule has 2 N–H and O–H groups in total. The summed E-state index contributed by atoms with van der Waals surface area (Å²) in [5.41, 5.74) is 0.658. The second-order valence-corrected chi connectivity index (χ2v) is 4.98. The van der Waals surface area contributed by atoms with Gasteiger partial charge in [-0.25, -0.2) is 15.0 Å². The molecule has 8 heteroatoms. The van der Waals surface area contributed by atoms with Crippen LogP contribution in [0.5, 0.6) is 17.2 Å². The first-order valence-corrected chi connectivity index (χ1v) is 7.44. The zero-order chi connectivity index (χ0) is 16.9. The van der Waals surface area contributed by atoms with Gasteiger partial charge in [-0.2, -0.15) is 0 Å². The van der Waals surface area contributed by atoms with E-state index in [4.69, 9.17) is 14.2 Å². The summed E-state index contributed by atoms with van der Waals surface area (Å²) in [5, 5.41) is 4.10. The van der Waals surface area contributed by atoms with E-state index in [0.717, 1.165) is 17.6 Å². The smallest absolute Gasteiger partial charge is 0.205 e. The van der Waals surface area contributed by atoms with Crippen LogP contribution in [0.4, 0.5) is 5.82 Å². The number of nitrogens with zero attached hydrogens (tertiary/aromatic N) is 3. The van der Waals surface area contributed by atoms with E-state index < -0.39 is 0 Å². The first-order chi connectivity index (χ1) is 11.8. The Kier molecular flexibility index (Phi) is 4.64. The topological polar surface area (TPSA) is 94.2 Å². The Bertz CT molecular complexity index is 820. The zero-order valence-corrected chi connectivity index (χ0v) is 13.8. The van der Waals surface area contributed by atoms with Crippen LogP contribution in [0, 0.1) is 0 Å². The number of rotatable bonds is 7. The molecule has 1 aromatic carbocycles. The van der Waals surface area contributed by atoms with Gasteiger partial charge in [-0.15, -0.1) is 0 Å². The molecule has 2 aromatic heterocycles. The molecule has 2 heterocycles. The number of fused-ring (bicyclic) bond motifs is 1. The molecule has 0 saturated carbocycles. The van der Waals surface area contributed by atoms with E-state index in [-0.39, 0.29) is 0 Å². The fourth-order valence-corrected chi connectivity index (χ4v) is 2.54. The van der Waals surface area contributed by atoms with Gasteiger partial charge in [-0.1, -0.05) is 0 Å². The Morgan fingerprint density at radius 2 is 1.88 bits per heavy atom. The number of H-pyrrole nitrogens is 1. The minimum atomic E-state index is 0.507. The van der Waals surface area contributed by atoms with Crippen molar-refractivity contribution in [1.29, 1.82) is 0 Å². The zero-order valence-electron chi connectivity index (χ0n) is 13.8. The van der Waals surface area contributed by atoms with Crippen LogP contribution < -0.4 is 19.5 Å². The Balaban J connectivity index is 1.96. The van der Waals surface area contributed by atoms with Gasteiger partial charge in [-0.05, 0) is 6.07 Å². The average Bonchev–Trinajstić information content (AvgIpc) is 3.13. The Morgan fingerprint density at radius 3 is 2.54 bits per heavy atom. The first-order valence-electron chi connectivity index (χ1n) is 7.44. The van der Waals surface area contributed by atoms with Crippen LogP contribution in [0.15, 0.2) is 24.8 Å². The summed E-state index contributed by atoms with van der Waals surface area (Å²) in [7, 11) is 4.72. The summed E-state index contributed by atoms with van der Waals surface area (Å²) in [5.74, 6) is 3.20. The maximum absolute atomic E-state index is 5.47. The van der Waals surface area contributed by atoms with Crippen molar-refractivity contribution in [1.82, 2.24) is 19.9 Å². The minimum absolute atomic E-state index is 0.507. The molecule has 0 bridgehead atoms. The number of hydrogen-bond donors (Lipinski definition) is 2. The van der Waals surface area contributed by atoms with Crippen molar-refractivity contribution in [2.45, 2.75) is 6.42 Å². The first kappa shape index (κ1) is 15.9. The van der Waals surface area contributed by atoms with Gasteiger partial charge in [0, 0.05) is 25.4 Å². The van der Waals surface area contributed by atoms with E-state index in [1.165, 1.54) is 6.33 Å². The van der Waals surface area contributed by atoms with Gasteiger partial charge in [0.1, 0.15) is 23.5 Å². The van der Waals surface area contributed by atoms with E-state index >= 15 is 0 Å². The molecule has 3 aromatic rings. The summed E-state index contributed by atoms with van der Waals surface area (Å²) in [6, 6.07) is 1.84. The number of anilines is 1. The van der Waals surface area contributed by atoms with Crippen LogP contribution in [-0.2, 0) is 6.42 Å². The van der Waals surface area contributed by atoms with Crippen LogP contribution in [0.25, 0.3) is 10.9 Å². The molecular formula is C16H19N5O3. The van der Waals surface area contributed by atoms with Crippen LogP contribution >= 0.6 is 0 Å². The van der Waals surface area contributed by atoms with Gasteiger partial charge in [0.25, 0.3) is 0 Å². The highest BCUT2D eigenvalue weighted by atomic mass is 16.5. The standard InChI is InChI=1S/C16H19N5O3/c1-22-11-8-10-13(15(24-3)14(11)23-2)20-9-21-16(10)19-5-4-12-17-6-7-18-12/h6-9H,4-5H2,1-3H3,(H,17,18)(H,19,20,21). The molecule has 0 aliphatic heterocycles. The Morgan fingerprint density at radius 1 is 1.04 bits per heavy atom. The number of ether oxygens (including phenoxy) is 3. The van der Waals surface area contributed by atoms with E-state index in [9.17, 15) is 0 Å². The fourth-order valence-electron chi connectivity index (χ4n) is 2.54. The lowest BCUT2D eigenvalue weighted by molar-refractivity contribution is 0.327. The highest BCUT2D eigenvalue weighted by molar-refractivity contribution is 5.96. The van der Waals surface area contributed by atoms with Crippen molar-refractivity contribution in [3.63, 3.8) is 0 Å². The molecule has 0 unspecified atom stereocenters. The summed E-state index contributed by atoms with van der Waals surface area (Å²) >= 11 is 0. The van der Waals surface area contributed by atoms with Crippen molar-refractivity contribution < 1.29 is 14.2 Å². The number of nitrogens with one attached hydrogen (secondary N) is 2. The molecule has 0 radical (unpaired) electrons. The molecule has 0 aliphatic carbocycles. The number of aromatic amines is 1. The van der Waals surface area contributed by atoms with E-state index in [2.05, 4.69) is 25.3 Å². The molecule has 8 nitrogen and oxygen atoms in total. The van der Waals surface area contributed by atoms with Crippen LogP contribution in [-0.4, -0.2) is 47.8 Å². The van der Waals surface area contributed by atoms with Gasteiger partial charge >= 0.3 is 0 Å². The summed E-state index contributed by atoms with van der Waals surface area (Å²) in [6.45, 7) is 0.677.